The number of amides is 2. The zero-order chi connectivity index (χ0) is 40.4. The SMILES string of the molecule is COC(=O)N[C@@H](CC/C=C/C(=O)N(C)C)CNc1cccn(Cc2nc3c(C(O[Si](C)(C)C(C)(C)C)C(C)C)cccc3n2COCC[Si](C)(C)C)c1=O. The Morgan fingerprint density at radius 1 is 1.06 bits per heavy atom. The maximum absolute atomic E-state index is 13.9. The first-order valence-electron chi connectivity index (χ1n) is 19.0. The van der Waals surface area contributed by atoms with Crippen LogP contribution >= 0.6 is 0 Å². The van der Waals surface area contributed by atoms with Gasteiger partial charge in [-0.15, -0.1) is 0 Å². The fraction of sp³-hybridized carbons (Fsp3) is 0.600. The summed E-state index contributed by atoms with van der Waals surface area (Å²) < 4.78 is 21.9. The molecule has 3 rings (SSSR count). The lowest BCUT2D eigenvalue weighted by molar-refractivity contribution is -0.123. The van der Waals surface area contributed by atoms with E-state index in [0.29, 0.717) is 37.7 Å². The van der Waals surface area contributed by atoms with Crippen LogP contribution in [0.4, 0.5) is 10.5 Å². The average molecular weight is 783 g/mol. The number of likely N-dealkylation sites (N-methyl/N-ethyl adjacent to an activating group) is 1. The molecule has 0 bridgehead atoms. The van der Waals surface area contributed by atoms with E-state index in [9.17, 15) is 14.4 Å². The third-order valence-corrected chi connectivity index (χ3v) is 16.2. The number of carbonyl (C=O) groups excluding carboxylic acids is 2. The number of nitrogens with one attached hydrogen (secondary N) is 2. The molecule has 0 fully saturated rings. The Morgan fingerprint density at radius 3 is 2.37 bits per heavy atom. The number of aromatic nitrogens is 3. The van der Waals surface area contributed by atoms with Gasteiger partial charge in [0.1, 0.15) is 18.2 Å². The van der Waals surface area contributed by atoms with Crippen LogP contribution in [0.2, 0.25) is 43.8 Å². The molecule has 12 nitrogen and oxygen atoms in total. The first kappa shape index (κ1) is 44.7. The van der Waals surface area contributed by atoms with Crippen molar-refractivity contribution in [2.75, 3.05) is 39.7 Å². The van der Waals surface area contributed by atoms with Gasteiger partial charge >= 0.3 is 6.09 Å². The van der Waals surface area contributed by atoms with Gasteiger partial charge in [0.25, 0.3) is 5.56 Å². The fourth-order valence-corrected chi connectivity index (χ4v) is 7.71. The molecule has 2 heterocycles. The number of methoxy groups -OCH3 is 1. The Hall–Kier alpha value is -3.73. The van der Waals surface area contributed by atoms with Gasteiger partial charge in [-0.1, -0.05) is 72.5 Å². The van der Waals surface area contributed by atoms with Crippen LogP contribution in [0.25, 0.3) is 11.0 Å². The van der Waals surface area contributed by atoms with Crippen molar-refractivity contribution >= 4 is 45.1 Å². The molecule has 3 aromatic rings. The molecule has 0 spiro atoms. The first-order valence-corrected chi connectivity index (χ1v) is 25.7. The number of alkyl carbamates (subject to hydrolysis) is 1. The Balaban J connectivity index is 1.98. The molecule has 2 amide bonds. The number of para-hydroxylation sites is 1. The smallest absolute Gasteiger partial charge is 0.407 e. The van der Waals surface area contributed by atoms with Gasteiger partial charge in [-0.25, -0.2) is 9.78 Å². The minimum absolute atomic E-state index is 0.0434. The maximum Gasteiger partial charge on any atom is 0.407 e. The molecule has 300 valence electrons. The normalized spacial score (nSPS) is 13.7. The van der Waals surface area contributed by atoms with Crippen molar-refractivity contribution in [3.63, 3.8) is 0 Å². The quantitative estimate of drug-likeness (QED) is 0.0716. The number of nitrogens with zero attached hydrogens (tertiary/aromatic N) is 4. The van der Waals surface area contributed by atoms with E-state index in [1.54, 1.807) is 37.0 Å². The standard InChI is InChI=1S/C40H66N6O6Si2/c1-29(2)37(52-54(12,13)40(3,4)5)31-19-16-21-33-36(31)43-34(46(33)28-51-24-25-53(9,10)11)27-45-23-17-20-32(38(45)48)41-26-30(42-39(49)50-8)18-14-15-22-35(47)44(6)7/h15-17,19-23,29-30,37,41H,14,18,24-28H2,1-13H3,(H,42,49)/b22-15+/t30-,37?/m0/s1. The number of fused-ring (bicyclic) bond motifs is 1. The van der Waals surface area contributed by atoms with E-state index in [0.717, 1.165) is 22.6 Å². The lowest BCUT2D eigenvalue weighted by atomic mass is 9.98. The molecule has 0 radical (unpaired) electrons. The third kappa shape index (κ3) is 12.7. The molecular formula is C40H66N6O6Si2. The zero-order valence-electron chi connectivity index (χ0n) is 35.0. The number of hydrogen-bond donors (Lipinski definition) is 2. The number of hydrogen-bond acceptors (Lipinski definition) is 8. The lowest BCUT2D eigenvalue weighted by Gasteiger charge is -2.40. The van der Waals surface area contributed by atoms with Crippen LogP contribution in [0.5, 0.6) is 0 Å². The van der Waals surface area contributed by atoms with Crippen LogP contribution in [0.1, 0.15) is 65.0 Å². The average Bonchev–Trinajstić information content (AvgIpc) is 3.43. The zero-order valence-corrected chi connectivity index (χ0v) is 37.0. The van der Waals surface area contributed by atoms with Crippen LogP contribution in [0, 0.1) is 5.92 Å². The molecule has 0 saturated heterocycles. The van der Waals surface area contributed by atoms with Crippen LogP contribution in [-0.4, -0.2) is 87.8 Å². The van der Waals surface area contributed by atoms with Gasteiger partial charge < -0.3 is 38.6 Å². The van der Waals surface area contributed by atoms with Crippen molar-refractivity contribution in [3.05, 3.63) is 70.4 Å². The number of allylic oxidation sites excluding steroid dienone is 1. The summed E-state index contributed by atoms with van der Waals surface area (Å²) in [7, 11) is 1.25. The molecule has 54 heavy (non-hydrogen) atoms. The van der Waals surface area contributed by atoms with Gasteiger partial charge in [0.2, 0.25) is 5.91 Å². The van der Waals surface area contributed by atoms with Gasteiger partial charge in [-0.2, -0.15) is 0 Å². The largest absolute Gasteiger partial charge is 0.453 e. The summed E-state index contributed by atoms with van der Waals surface area (Å²) in [6, 6.07) is 10.5. The fourth-order valence-electron chi connectivity index (χ4n) is 5.56. The molecule has 0 aliphatic carbocycles. The monoisotopic (exact) mass is 782 g/mol. The Kier molecular flexibility index (Phi) is 15.9. The van der Waals surface area contributed by atoms with E-state index in [1.165, 1.54) is 18.1 Å². The van der Waals surface area contributed by atoms with E-state index in [4.69, 9.17) is 18.9 Å². The van der Waals surface area contributed by atoms with E-state index in [2.05, 4.69) is 101 Å². The van der Waals surface area contributed by atoms with Gasteiger partial charge in [0.05, 0.1) is 30.8 Å². The van der Waals surface area contributed by atoms with E-state index in [-0.39, 0.29) is 47.7 Å². The molecule has 0 aliphatic heterocycles. The van der Waals surface area contributed by atoms with Gasteiger partial charge in [-0.05, 0) is 67.2 Å². The summed E-state index contributed by atoms with van der Waals surface area (Å²) in [6.07, 6.45) is 5.41. The number of carbonyl (C=O) groups is 2. The second-order valence-corrected chi connectivity index (χ2v) is 27.7. The highest BCUT2D eigenvalue weighted by molar-refractivity contribution is 6.76. The molecule has 2 atom stereocenters. The van der Waals surface area contributed by atoms with Crippen molar-refractivity contribution in [2.45, 2.75) is 117 Å². The summed E-state index contributed by atoms with van der Waals surface area (Å²) >= 11 is 0. The predicted molar refractivity (Wildman–Crippen MR) is 224 cm³/mol. The van der Waals surface area contributed by atoms with E-state index in [1.807, 2.05) is 6.07 Å². The van der Waals surface area contributed by atoms with Crippen molar-refractivity contribution in [1.29, 1.82) is 0 Å². The maximum atomic E-state index is 13.9. The van der Waals surface area contributed by atoms with Crippen molar-refractivity contribution in [3.8, 4) is 0 Å². The lowest BCUT2D eigenvalue weighted by Crippen LogP contribution is -2.42. The van der Waals surface area contributed by atoms with Crippen LogP contribution in [0.3, 0.4) is 0 Å². The highest BCUT2D eigenvalue weighted by Crippen LogP contribution is 2.42. The van der Waals surface area contributed by atoms with Crippen LogP contribution < -0.4 is 16.2 Å². The van der Waals surface area contributed by atoms with Gasteiger partial charge in [0, 0.05) is 53.1 Å². The van der Waals surface area contributed by atoms with Gasteiger partial charge in [-0.3, -0.25) is 9.59 Å². The molecular weight excluding hydrogens is 717 g/mol. The number of rotatable bonds is 19. The molecule has 1 aromatic carbocycles. The summed E-state index contributed by atoms with van der Waals surface area (Å²) in [5, 5.41) is 6.11. The topological polar surface area (TPSA) is 129 Å². The number of pyridine rings is 1. The third-order valence-electron chi connectivity index (χ3n) is 10.0. The molecule has 0 aliphatic rings. The minimum atomic E-state index is -2.13. The van der Waals surface area contributed by atoms with Crippen molar-refractivity contribution in [1.82, 2.24) is 24.3 Å². The van der Waals surface area contributed by atoms with Crippen LogP contribution in [-0.2, 0) is 32.0 Å². The Labute approximate surface area is 324 Å². The van der Waals surface area contributed by atoms with Crippen LogP contribution in [0.15, 0.2) is 53.5 Å². The van der Waals surface area contributed by atoms with Gasteiger partial charge in [0.15, 0.2) is 8.32 Å². The summed E-state index contributed by atoms with van der Waals surface area (Å²) in [5.74, 6) is 0.812. The number of ether oxygens (including phenoxy) is 2. The summed E-state index contributed by atoms with van der Waals surface area (Å²) in [4.78, 5) is 44.7. The molecule has 14 heteroatoms. The molecule has 0 saturated carbocycles. The predicted octanol–water partition coefficient (Wildman–Crippen LogP) is 7.84. The van der Waals surface area contributed by atoms with Crippen molar-refractivity contribution < 1.29 is 23.5 Å². The highest BCUT2D eigenvalue weighted by Gasteiger charge is 2.40. The molecule has 1 unspecified atom stereocenters. The number of imidazole rings is 1. The number of anilines is 1. The second-order valence-electron chi connectivity index (χ2n) is 17.3. The second kappa shape index (κ2) is 19.2. The number of benzene rings is 1. The molecule has 2 N–H and O–H groups in total. The minimum Gasteiger partial charge on any atom is -0.453 e. The Bertz CT molecular complexity index is 1790. The van der Waals surface area contributed by atoms with E-state index < -0.39 is 22.5 Å². The Morgan fingerprint density at radius 2 is 1.76 bits per heavy atom. The highest BCUT2D eigenvalue weighted by atomic mass is 28.4. The first-order chi connectivity index (χ1) is 25.1. The summed E-state index contributed by atoms with van der Waals surface area (Å²) in [5.41, 5.74) is 3.03. The van der Waals surface area contributed by atoms with E-state index >= 15 is 0 Å². The van der Waals surface area contributed by atoms with Crippen molar-refractivity contribution in [2.24, 2.45) is 5.92 Å². The summed E-state index contributed by atoms with van der Waals surface area (Å²) in [6.45, 7) is 24.2. The molecule has 2 aromatic heterocycles.